The van der Waals surface area contributed by atoms with Crippen molar-refractivity contribution in [3.8, 4) is 0 Å². The van der Waals surface area contributed by atoms with Gasteiger partial charge in [-0.05, 0) is 30.9 Å². The van der Waals surface area contributed by atoms with Crippen LogP contribution in [0.3, 0.4) is 0 Å². The van der Waals surface area contributed by atoms with E-state index in [9.17, 15) is 9.59 Å². The molecule has 0 amide bonds. The number of halogens is 1. The monoisotopic (exact) mass is 248 g/mol. The SMILES string of the molecule is CCCC1(Cl)OC(=O)C(CC)(CC)C(=O)O1. The van der Waals surface area contributed by atoms with Crippen molar-refractivity contribution in [1.82, 2.24) is 0 Å². The van der Waals surface area contributed by atoms with Gasteiger partial charge in [-0.15, -0.1) is 0 Å². The number of hydrogen-bond donors (Lipinski definition) is 0. The van der Waals surface area contributed by atoms with Gasteiger partial charge in [0, 0.05) is 6.42 Å². The average Bonchev–Trinajstić information content (AvgIpc) is 2.18. The van der Waals surface area contributed by atoms with Gasteiger partial charge in [-0.2, -0.15) is 0 Å². The number of hydrogen-bond acceptors (Lipinski definition) is 4. The van der Waals surface area contributed by atoms with Gasteiger partial charge in [-0.1, -0.05) is 20.8 Å². The van der Waals surface area contributed by atoms with Crippen molar-refractivity contribution in [2.45, 2.75) is 51.7 Å². The van der Waals surface area contributed by atoms with Crippen molar-refractivity contribution in [2.24, 2.45) is 5.41 Å². The first-order valence-electron chi connectivity index (χ1n) is 5.60. The molecule has 92 valence electrons. The zero-order valence-electron chi connectivity index (χ0n) is 9.84. The molecule has 0 radical (unpaired) electrons. The molecule has 1 fully saturated rings. The summed E-state index contributed by atoms with van der Waals surface area (Å²) in [5, 5.41) is -1.60. The predicted octanol–water partition coefficient (Wildman–Crippen LogP) is 2.59. The Morgan fingerprint density at radius 3 is 1.81 bits per heavy atom. The molecule has 1 saturated heterocycles. The normalized spacial score (nSPS) is 22.5. The highest BCUT2D eigenvalue weighted by Crippen LogP contribution is 2.41. The first kappa shape index (κ1) is 13.3. The van der Waals surface area contributed by atoms with Gasteiger partial charge in [0.25, 0.3) is 0 Å². The van der Waals surface area contributed by atoms with E-state index in [2.05, 4.69) is 0 Å². The van der Waals surface area contributed by atoms with Gasteiger partial charge in [0.1, 0.15) is 0 Å². The minimum absolute atomic E-state index is 0.301. The van der Waals surface area contributed by atoms with E-state index >= 15 is 0 Å². The summed E-state index contributed by atoms with van der Waals surface area (Å²) in [5.74, 6) is -1.14. The van der Waals surface area contributed by atoms with Crippen LogP contribution in [0.15, 0.2) is 0 Å². The van der Waals surface area contributed by atoms with E-state index < -0.39 is 22.6 Å². The smallest absolute Gasteiger partial charge is 0.337 e. The number of ether oxygens (including phenoxy) is 2. The van der Waals surface area contributed by atoms with E-state index in [0.29, 0.717) is 25.7 Å². The maximum absolute atomic E-state index is 11.9. The Kier molecular flexibility index (Phi) is 3.84. The molecule has 0 atom stereocenters. The van der Waals surface area contributed by atoms with Gasteiger partial charge in [-0.3, -0.25) is 9.59 Å². The summed E-state index contributed by atoms with van der Waals surface area (Å²) in [6.45, 7) is 5.38. The summed E-state index contributed by atoms with van der Waals surface area (Å²) in [6, 6.07) is 0. The van der Waals surface area contributed by atoms with Crippen LogP contribution >= 0.6 is 11.6 Å². The van der Waals surface area contributed by atoms with Crippen LogP contribution in [0.1, 0.15) is 46.5 Å². The number of carbonyl (C=O) groups excluding carboxylic acids is 2. The Morgan fingerprint density at radius 2 is 1.50 bits per heavy atom. The molecule has 0 unspecified atom stereocenters. The van der Waals surface area contributed by atoms with Gasteiger partial charge in [0.05, 0.1) is 0 Å². The molecule has 4 nitrogen and oxygen atoms in total. The quantitative estimate of drug-likeness (QED) is 0.436. The van der Waals surface area contributed by atoms with Crippen LogP contribution in [0.2, 0.25) is 0 Å². The maximum Gasteiger partial charge on any atom is 0.337 e. The van der Waals surface area contributed by atoms with E-state index in [4.69, 9.17) is 21.1 Å². The van der Waals surface area contributed by atoms with Crippen molar-refractivity contribution in [2.75, 3.05) is 0 Å². The van der Waals surface area contributed by atoms with Gasteiger partial charge in [0.2, 0.25) is 0 Å². The highest BCUT2D eigenvalue weighted by molar-refractivity contribution is 6.24. The summed E-state index contributed by atoms with van der Waals surface area (Å²) >= 11 is 5.92. The largest absolute Gasteiger partial charge is 0.407 e. The standard InChI is InChI=1S/C11H17ClO4/c1-4-7-11(12)15-8(13)10(5-2,6-3)9(14)16-11/h4-7H2,1-3H3. The van der Waals surface area contributed by atoms with Crippen LogP contribution in [0.4, 0.5) is 0 Å². The van der Waals surface area contributed by atoms with Crippen molar-refractivity contribution in [3.05, 3.63) is 0 Å². The van der Waals surface area contributed by atoms with Crippen LogP contribution in [0.5, 0.6) is 0 Å². The van der Waals surface area contributed by atoms with Crippen molar-refractivity contribution < 1.29 is 19.1 Å². The Balaban J connectivity index is 2.95. The average molecular weight is 249 g/mol. The molecule has 0 aliphatic carbocycles. The van der Waals surface area contributed by atoms with E-state index in [1.165, 1.54) is 0 Å². The molecule has 1 heterocycles. The summed E-state index contributed by atoms with van der Waals surface area (Å²) in [6.07, 6.45) is 1.69. The molecule has 1 aliphatic rings. The molecule has 0 saturated carbocycles. The lowest BCUT2D eigenvalue weighted by atomic mass is 9.82. The number of rotatable bonds is 4. The van der Waals surface area contributed by atoms with Gasteiger partial charge in [0.15, 0.2) is 5.41 Å². The van der Waals surface area contributed by atoms with Crippen LogP contribution in [-0.2, 0) is 19.1 Å². The fraction of sp³-hybridized carbons (Fsp3) is 0.818. The molecule has 0 aromatic rings. The number of esters is 2. The molecule has 5 heteroatoms. The molecule has 1 aliphatic heterocycles. The van der Waals surface area contributed by atoms with E-state index in [-0.39, 0.29) is 0 Å². The van der Waals surface area contributed by atoms with Crippen LogP contribution in [0.25, 0.3) is 0 Å². The van der Waals surface area contributed by atoms with Crippen LogP contribution in [-0.4, -0.2) is 17.2 Å². The zero-order chi connectivity index (χ0) is 12.4. The van der Waals surface area contributed by atoms with E-state index in [1.807, 2.05) is 6.92 Å². The van der Waals surface area contributed by atoms with Gasteiger partial charge >= 0.3 is 17.2 Å². The first-order valence-corrected chi connectivity index (χ1v) is 5.97. The second kappa shape index (κ2) is 4.62. The highest BCUT2D eigenvalue weighted by Gasteiger charge is 2.56. The lowest BCUT2D eigenvalue weighted by Gasteiger charge is -2.39. The first-order chi connectivity index (χ1) is 7.44. The van der Waals surface area contributed by atoms with Crippen molar-refractivity contribution in [1.29, 1.82) is 0 Å². The second-order valence-electron chi connectivity index (χ2n) is 3.98. The van der Waals surface area contributed by atoms with Crippen molar-refractivity contribution >= 4 is 23.5 Å². The third-order valence-electron chi connectivity index (χ3n) is 3.03. The van der Waals surface area contributed by atoms with Crippen LogP contribution in [0, 0.1) is 5.41 Å². The third-order valence-corrected chi connectivity index (χ3v) is 3.37. The predicted molar refractivity (Wildman–Crippen MR) is 58.7 cm³/mol. The molecule has 16 heavy (non-hydrogen) atoms. The van der Waals surface area contributed by atoms with E-state index in [1.54, 1.807) is 13.8 Å². The molecule has 0 spiro atoms. The molecule has 0 aromatic heterocycles. The van der Waals surface area contributed by atoms with Crippen LogP contribution < -0.4 is 0 Å². The van der Waals surface area contributed by atoms with Gasteiger partial charge < -0.3 is 9.47 Å². The Bertz CT molecular complexity index is 276. The topological polar surface area (TPSA) is 52.6 Å². The molecule has 1 rings (SSSR count). The summed E-state index contributed by atoms with van der Waals surface area (Å²) < 4.78 is 10.1. The number of carbonyl (C=O) groups is 2. The summed E-state index contributed by atoms with van der Waals surface area (Å²) in [5.41, 5.74) is -1.17. The Labute approximate surface area is 100 Å². The molecule has 0 aromatic carbocycles. The zero-order valence-corrected chi connectivity index (χ0v) is 10.6. The Morgan fingerprint density at radius 1 is 1.06 bits per heavy atom. The maximum atomic E-state index is 11.9. The second-order valence-corrected chi connectivity index (χ2v) is 4.55. The Hall–Kier alpha value is -0.770. The lowest BCUT2D eigenvalue weighted by Crippen LogP contribution is -2.53. The number of cyclic esters (lactones) is 2. The molecule has 0 bridgehead atoms. The minimum Gasteiger partial charge on any atom is -0.407 e. The van der Waals surface area contributed by atoms with Gasteiger partial charge in [-0.25, -0.2) is 0 Å². The minimum atomic E-state index is -1.60. The molecular formula is C11H17ClO4. The highest BCUT2D eigenvalue weighted by atomic mass is 35.5. The lowest BCUT2D eigenvalue weighted by molar-refractivity contribution is -0.238. The van der Waals surface area contributed by atoms with E-state index in [0.717, 1.165) is 0 Å². The fourth-order valence-electron chi connectivity index (χ4n) is 1.80. The number of alkyl halides is 1. The van der Waals surface area contributed by atoms with Crippen molar-refractivity contribution in [3.63, 3.8) is 0 Å². The summed E-state index contributed by atoms with van der Waals surface area (Å²) in [7, 11) is 0. The molecular weight excluding hydrogens is 232 g/mol. The molecule has 0 N–H and O–H groups in total. The fourth-order valence-corrected chi connectivity index (χ4v) is 2.13. The third kappa shape index (κ3) is 2.03. The summed E-state index contributed by atoms with van der Waals surface area (Å²) in [4.78, 5) is 23.7.